The van der Waals surface area contributed by atoms with E-state index in [1.165, 1.54) is 35.2 Å². The monoisotopic (exact) mass is 651 g/mol. The second-order valence-electron chi connectivity index (χ2n) is 10.5. The molecule has 0 aromatic heterocycles. The van der Waals surface area contributed by atoms with Crippen LogP contribution in [0.1, 0.15) is 31.4 Å². The van der Waals surface area contributed by atoms with Crippen molar-refractivity contribution < 1.29 is 18.0 Å². The summed E-state index contributed by atoms with van der Waals surface area (Å²) in [6.45, 7) is 3.35. The minimum absolute atomic E-state index is 0.00569. The van der Waals surface area contributed by atoms with E-state index in [4.69, 9.17) is 23.2 Å². The van der Waals surface area contributed by atoms with Crippen LogP contribution < -0.4 is 9.62 Å². The number of hydrogen-bond donors (Lipinski definition) is 1. The normalized spacial score (nSPS) is 12.6. The van der Waals surface area contributed by atoms with Crippen molar-refractivity contribution in [3.63, 3.8) is 0 Å². The lowest BCUT2D eigenvalue weighted by atomic mass is 10.0. The van der Waals surface area contributed by atoms with Crippen LogP contribution in [0.15, 0.2) is 114 Å². The van der Waals surface area contributed by atoms with Crippen molar-refractivity contribution >= 4 is 50.7 Å². The fraction of sp³-hybridized carbons (Fsp3) is 0.235. The lowest BCUT2D eigenvalue weighted by Crippen LogP contribution is -2.54. The Morgan fingerprint density at radius 1 is 0.795 bits per heavy atom. The minimum Gasteiger partial charge on any atom is -0.352 e. The molecule has 4 aromatic carbocycles. The zero-order chi connectivity index (χ0) is 31.7. The zero-order valence-electron chi connectivity index (χ0n) is 24.6. The van der Waals surface area contributed by atoms with Crippen LogP contribution in [0.25, 0.3) is 0 Å². The molecule has 0 saturated heterocycles. The van der Waals surface area contributed by atoms with Gasteiger partial charge in [-0.05, 0) is 54.8 Å². The molecule has 4 aromatic rings. The van der Waals surface area contributed by atoms with Gasteiger partial charge in [0.15, 0.2) is 0 Å². The van der Waals surface area contributed by atoms with Gasteiger partial charge in [-0.2, -0.15) is 0 Å². The first-order chi connectivity index (χ1) is 21.1. The Morgan fingerprint density at radius 2 is 1.32 bits per heavy atom. The predicted molar refractivity (Wildman–Crippen MR) is 176 cm³/mol. The van der Waals surface area contributed by atoms with Gasteiger partial charge in [0.25, 0.3) is 10.0 Å². The van der Waals surface area contributed by atoms with E-state index in [0.29, 0.717) is 6.42 Å². The highest BCUT2D eigenvalue weighted by molar-refractivity contribution is 7.92. The van der Waals surface area contributed by atoms with E-state index in [1.54, 1.807) is 18.2 Å². The van der Waals surface area contributed by atoms with Crippen LogP contribution in [-0.4, -0.2) is 43.8 Å². The number of carbonyl (C=O) groups is 2. The van der Waals surface area contributed by atoms with Gasteiger partial charge in [0.2, 0.25) is 11.8 Å². The molecule has 0 spiro atoms. The van der Waals surface area contributed by atoms with Gasteiger partial charge in [-0.15, -0.1) is 0 Å². The Hall–Kier alpha value is -3.85. The molecule has 0 aliphatic heterocycles. The summed E-state index contributed by atoms with van der Waals surface area (Å²) in [6.07, 6.45) is 0.936. The Balaban J connectivity index is 1.81. The first kappa shape index (κ1) is 33.1. The van der Waals surface area contributed by atoms with E-state index in [0.717, 1.165) is 15.4 Å². The summed E-state index contributed by atoms with van der Waals surface area (Å²) in [4.78, 5) is 29.7. The van der Waals surface area contributed by atoms with E-state index >= 15 is 0 Å². The molecule has 0 saturated carbocycles. The van der Waals surface area contributed by atoms with E-state index in [1.807, 2.05) is 74.5 Å². The summed E-state index contributed by atoms with van der Waals surface area (Å²) in [5.74, 6) is -0.888. The number of nitrogens with zero attached hydrogens (tertiary/aromatic N) is 2. The number of nitrogens with one attached hydrogen (secondary N) is 1. The van der Waals surface area contributed by atoms with Crippen LogP contribution >= 0.6 is 23.2 Å². The summed E-state index contributed by atoms with van der Waals surface area (Å²) in [7, 11) is -4.25. The average Bonchev–Trinajstić information content (AvgIpc) is 3.02. The minimum atomic E-state index is -4.25. The second-order valence-corrected chi connectivity index (χ2v) is 13.2. The van der Waals surface area contributed by atoms with Gasteiger partial charge in [-0.3, -0.25) is 13.9 Å². The summed E-state index contributed by atoms with van der Waals surface area (Å²) < 4.78 is 29.1. The largest absolute Gasteiger partial charge is 0.352 e. The van der Waals surface area contributed by atoms with Gasteiger partial charge in [0.05, 0.1) is 10.6 Å². The molecular formula is C34H35Cl2N3O4S. The third kappa shape index (κ3) is 8.62. The van der Waals surface area contributed by atoms with Crippen molar-refractivity contribution in [2.75, 3.05) is 10.8 Å². The number of rotatable bonds is 13. The number of halogens is 2. The molecule has 7 nitrogen and oxygen atoms in total. The summed E-state index contributed by atoms with van der Waals surface area (Å²) >= 11 is 12.6. The Bertz CT molecular complexity index is 1640. The molecule has 0 bridgehead atoms. The van der Waals surface area contributed by atoms with Crippen LogP contribution in [0.4, 0.5) is 5.69 Å². The van der Waals surface area contributed by atoms with Crippen LogP contribution in [-0.2, 0) is 32.6 Å². The Labute approximate surface area is 269 Å². The van der Waals surface area contributed by atoms with Crippen LogP contribution in [0.3, 0.4) is 0 Å². The standard InChI is InChI=1S/C34H35Cl2N3O4S/c1-3-25(2)37-34(41)32(19-26-13-7-4-8-14-26)38(23-27-15-9-5-10-16-27)33(40)24-39(30-21-28(35)20-29(36)22-30)44(42,43)31-17-11-6-12-18-31/h4-18,20-22,25,32H,3,19,23-24H2,1-2H3,(H,37,41)/t25-,32-/m0/s1. The lowest BCUT2D eigenvalue weighted by molar-refractivity contribution is -0.140. The maximum atomic E-state index is 14.4. The molecule has 0 heterocycles. The number of anilines is 1. The fourth-order valence-corrected chi connectivity index (χ4v) is 6.64. The zero-order valence-corrected chi connectivity index (χ0v) is 26.9. The molecule has 4 rings (SSSR count). The van der Waals surface area contributed by atoms with Gasteiger partial charge in [0, 0.05) is 29.1 Å². The average molecular weight is 653 g/mol. The van der Waals surface area contributed by atoms with Crippen molar-refractivity contribution in [3.8, 4) is 0 Å². The number of carbonyl (C=O) groups excluding carboxylic acids is 2. The molecule has 230 valence electrons. The highest BCUT2D eigenvalue weighted by Gasteiger charge is 2.35. The van der Waals surface area contributed by atoms with E-state index in [9.17, 15) is 18.0 Å². The van der Waals surface area contributed by atoms with Crippen LogP contribution in [0, 0.1) is 0 Å². The molecule has 2 amide bonds. The van der Waals surface area contributed by atoms with Crippen molar-refractivity contribution in [3.05, 3.63) is 130 Å². The lowest BCUT2D eigenvalue weighted by Gasteiger charge is -2.34. The topological polar surface area (TPSA) is 86.8 Å². The van der Waals surface area contributed by atoms with E-state index < -0.39 is 28.5 Å². The second kappa shape index (κ2) is 15.2. The number of amides is 2. The maximum absolute atomic E-state index is 14.4. The van der Waals surface area contributed by atoms with E-state index in [2.05, 4.69) is 5.32 Å². The third-order valence-corrected chi connectivity index (χ3v) is 9.44. The molecule has 2 atom stereocenters. The highest BCUT2D eigenvalue weighted by atomic mass is 35.5. The molecular weight excluding hydrogens is 617 g/mol. The summed E-state index contributed by atoms with van der Waals surface area (Å²) in [6, 6.07) is 29.9. The molecule has 44 heavy (non-hydrogen) atoms. The third-order valence-electron chi connectivity index (χ3n) is 7.21. The molecule has 10 heteroatoms. The van der Waals surface area contributed by atoms with E-state index in [-0.39, 0.29) is 45.5 Å². The van der Waals surface area contributed by atoms with Crippen molar-refractivity contribution in [1.29, 1.82) is 0 Å². The SMILES string of the molecule is CC[C@H](C)NC(=O)[C@H](Cc1ccccc1)N(Cc1ccccc1)C(=O)CN(c1cc(Cl)cc(Cl)c1)S(=O)(=O)c1ccccc1. The highest BCUT2D eigenvalue weighted by Crippen LogP contribution is 2.30. The Morgan fingerprint density at radius 3 is 1.86 bits per heavy atom. The molecule has 0 radical (unpaired) electrons. The number of sulfonamides is 1. The van der Waals surface area contributed by atoms with Crippen molar-refractivity contribution in [2.24, 2.45) is 0 Å². The van der Waals surface area contributed by atoms with Gasteiger partial charge < -0.3 is 10.2 Å². The Kier molecular flexibility index (Phi) is 11.4. The summed E-state index contributed by atoms with van der Waals surface area (Å²) in [5, 5.41) is 3.45. The first-order valence-electron chi connectivity index (χ1n) is 14.3. The van der Waals surface area contributed by atoms with Gasteiger partial charge in [-0.25, -0.2) is 8.42 Å². The number of benzene rings is 4. The molecule has 0 fully saturated rings. The van der Waals surface area contributed by atoms with Crippen LogP contribution in [0.5, 0.6) is 0 Å². The first-order valence-corrected chi connectivity index (χ1v) is 16.5. The number of hydrogen-bond acceptors (Lipinski definition) is 4. The summed E-state index contributed by atoms with van der Waals surface area (Å²) in [5.41, 5.74) is 1.78. The van der Waals surface area contributed by atoms with Gasteiger partial charge in [0.1, 0.15) is 12.6 Å². The molecule has 0 unspecified atom stereocenters. The van der Waals surface area contributed by atoms with Gasteiger partial charge >= 0.3 is 0 Å². The smallest absolute Gasteiger partial charge is 0.264 e. The predicted octanol–water partition coefficient (Wildman–Crippen LogP) is 6.74. The van der Waals surface area contributed by atoms with Gasteiger partial charge in [-0.1, -0.05) is 109 Å². The van der Waals surface area contributed by atoms with Crippen LogP contribution in [0.2, 0.25) is 10.0 Å². The maximum Gasteiger partial charge on any atom is 0.264 e. The molecule has 1 N–H and O–H groups in total. The molecule has 0 aliphatic carbocycles. The molecule has 0 aliphatic rings. The quantitative estimate of drug-likeness (QED) is 0.173. The fourth-order valence-electron chi connectivity index (χ4n) is 4.71. The van der Waals surface area contributed by atoms with Crippen molar-refractivity contribution in [2.45, 2.75) is 50.2 Å². The van der Waals surface area contributed by atoms with Crippen molar-refractivity contribution in [1.82, 2.24) is 10.2 Å².